The first kappa shape index (κ1) is 9.23. The summed E-state index contributed by atoms with van der Waals surface area (Å²) in [5.74, 6) is 0. The third kappa shape index (κ3) is 2.29. The molecule has 1 aromatic rings. The predicted octanol–water partition coefficient (Wildman–Crippen LogP) is 2.71. The molecule has 3 heteroatoms. The van der Waals surface area contributed by atoms with Crippen molar-refractivity contribution in [2.24, 2.45) is 5.73 Å². The molecule has 0 aliphatic heterocycles. The molecule has 2 N–H and O–H groups in total. The summed E-state index contributed by atoms with van der Waals surface area (Å²) in [4.78, 5) is 1.42. The van der Waals surface area contributed by atoms with Gasteiger partial charge in [0, 0.05) is 9.35 Å². The molecule has 1 nitrogen and oxygen atoms in total. The van der Waals surface area contributed by atoms with Crippen LogP contribution in [0.5, 0.6) is 0 Å². The lowest BCUT2D eigenvalue weighted by atomic mass is 10.2. The highest BCUT2D eigenvalue weighted by atomic mass is 79.9. The molecule has 1 rings (SSSR count). The minimum atomic E-state index is 0.781. The Morgan fingerprint density at radius 1 is 1.64 bits per heavy atom. The second kappa shape index (κ2) is 4.24. The van der Waals surface area contributed by atoms with Gasteiger partial charge in [-0.1, -0.05) is 0 Å². The summed E-state index contributed by atoms with van der Waals surface area (Å²) in [6.45, 7) is 2.90. The highest BCUT2D eigenvalue weighted by Gasteiger charge is 2.03. The molecule has 0 aliphatic carbocycles. The van der Waals surface area contributed by atoms with E-state index < -0.39 is 0 Å². The van der Waals surface area contributed by atoms with Crippen molar-refractivity contribution in [2.45, 2.75) is 19.8 Å². The molecule has 0 aromatic carbocycles. The van der Waals surface area contributed by atoms with Crippen molar-refractivity contribution in [3.8, 4) is 0 Å². The van der Waals surface area contributed by atoms with Crippen LogP contribution in [-0.4, -0.2) is 6.54 Å². The second-order valence-corrected chi connectivity index (χ2v) is 4.31. The molecule has 0 aliphatic rings. The largest absolute Gasteiger partial charge is 0.330 e. The van der Waals surface area contributed by atoms with E-state index >= 15 is 0 Å². The van der Waals surface area contributed by atoms with E-state index in [0.717, 1.165) is 19.4 Å². The Labute approximate surface area is 79.7 Å². The lowest BCUT2D eigenvalue weighted by Crippen LogP contribution is -1.99. The molecule has 0 unspecified atom stereocenters. The van der Waals surface area contributed by atoms with Crippen molar-refractivity contribution < 1.29 is 0 Å². The van der Waals surface area contributed by atoms with Crippen LogP contribution >= 0.6 is 27.3 Å². The zero-order chi connectivity index (χ0) is 8.27. The zero-order valence-electron chi connectivity index (χ0n) is 6.56. The van der Waals surface area contributed by atoms with Crippen LogP contribution in [0.25, 0.3) is 0 Å². The number of rotatable bonds is 3. The summed E-state index contributed by atoms with van der Waals surface area (Å²) in [5.41, 5.74) is 6.76. The summed E-state index contributed by atoms with van der Waals surface area (Å²) in [6.07, 6.45) is 2.19. The Hall–Kier alpha value is 0.140. The van der Waals surface area contributed by atoms with Crippen molar-refractivity contribution in [3.63, 3.8) is 0 Å². The van der Waals surface area contributed by atoms with Gasteiger partial charge in [0.15, 0.2) is 0 Å². The lowest BCUT2D eigenvalue weighted by molar-refractivity contribution is 0.840. The minimum absolute atomic E-state index is 0.781. The molecule has 0 radical (unpaired) electrons. The quantitative estimate of drug-likeness (QED) is 0.854. The van der Waals surface area contributed by atoms with Gasteiger partial charge in [-0.15, -0.1) is 11.3 Å². The summed E-state index contributed by atoms with van der Waals surface area (Å²) in [5, 5.41) is 2.18. The number of halogens is 1. The standard InChI is InChI=1S/C8H12BrNS/c1-6-5-11-7(8(6)9)3-2-4-10/h5H,2-4,10H2,1H3. The first-order valence-corrected chi connectivity index (χ1v) is 5.35. The van der Waals surface area contributed by atoms with Crippen LogP contribution in [-0.2, 0) is 6.42 Å². The molecule has 0 amide bonds. The van der Waals surface area contributed by atoms with E-state index in [-0.39, 0.29) is 0 Å². The van der Waals surface area contributed by atoms with E-state index in [1.807, 2.05) is 11.3 Å². The average Bonchev–Trinajstić information content (AvgIpc) is 2.31. The third-order valence-corrected chi connectivity index (χ3v) is 4.11. The zero-order valence-corrected chi connectivity index (χ0v) is 8.96. The SMILES string of the molecule is Cc1csc(CCCN)c1Br. The Morgan fingerprint density at radius 3 is 2.82 bits per heavy atom. The van der Waals surface area contributed by atoms with Crippen molar-refractivity contribution in [1.29, 1.82) is 0 Å². The van der Waals surface area contributed by atoms with Crippen LogP contribution < -0.4 is 5.73 Å². The van der Waals surface area contributed by atoms with E-state index in [0.29, 0.717) is 0 Å². The van der Waals surface area contributed by atoms with Crippen LogP contribution in [0.3, 0.4) is 0 Å². The van der Waals surface area contributed by atoms with Crippen LogP contribution in [0.2, 0.25) is 0 Å². The van der Waals surface area contributed by atoms with Gasteiger partial charge in [0.25, 0.3) is 0 Å². The fourth-order valence-corrected chi connectivity index (χ4v) is 2.62. The number of hydrogen-bond donors (Lipinski definition) is 1. The molecular weight excluding hydrogens is 222 g/mol. The summed E-state index contributed by atoms with van der Waals surface area (Å²) < 4.78 is 1.27. The Bertz CT molecular complexity index is 232. The van der Waals surface area contributed by atoms with Crippen LogP contribution in [0.1, 0.15) is 16.9 Å². The van der Waals surface area contributed by atoms with E-state index in [2.05, 4.69) is 28.2 Å². The van der Waals surface area contributed by atoms with Gasteiger partial charge in [-0.25, -0.2) is 0 Å². The Morgan fingerprint density at radius 2 is 2.36 bits per heavy atom. The maximum Gasteiger partial charge on any atom is 0.0343 e. The molecular formula is C8H12BrNS. The van der Waals surface area contributed by atoms with Gasteiger partial charge in [-0.3, -0.25) is 0 Å². The molecule has 0 saturated carbocycles. The van der Waals surface area contributed by atoms with Gasteiger partial charge in [-0.2, -0.15) is 0 Å². The van der Waals surface area contributed by atoms with E-state index in [1.54, 1.807) is 0 Å². The number of aryl methyl sites for hydroxylation is 2. The van der Waals surface area contributed by atoms with Gasteiger partial charge in [0.05, 0.1) is 0 Å². The van der Waals surface area contributed by atoms with E-state index in [9.17, 15) is 0 Å². The normalized spacial score (nSPS) is 10.5. The lowest BCUT2D eigenvalue weighted by Gasteiger charge is -1.95. The highest BCUT2D eigenvalue weighted by molar-refractivity contribution is 9.10. The molecule has 0 fully saturated rings. The summed E-state index contributed by atoms with van der Waals surface area (Å²) >= 11 is 5.36. The molecule has 0 bridgehead atoms. The van der Waals surface area contributed by atoms with Gasteiger partial charge >= 0.3 is 0 Å². The average molecular weight is 234 g/mol. The van der Waals surface area contributed by atoms with Gasteiger partial charge in [0.1, 0.15) is 0 Å². The fourth-order valence-electron chi connectivity index (χ4n) is 0.914. The van der Waals surface area contributed by atoms with E-state index in [4.69, 9.17) is 5.73 Å². The molecule has 1 heterocycles. The van der Waals surface area contributed by atoms with Crippen molar-refractivity contribution >= 4 is 27.3 Å². The van der Waals surface area contributed by atoms with Crippen LogP contribution in [0.4, 0.5) is 0 Å². The Kier molecular flexibility index (Phi) is 3.55. The fraction of sp³-hybridized carbons (Fsp3) is 0.500. The van der Waals surface area contributed by atoms with Crippen molar-refractivity contribution in [2.75, 3.05) is 6.54 Å². The van der Waals surface area contributed by atoms with Crippen molar-refractivity contribution in [1.82, 2.24) is 0 Å². The molecule has 11 heavy (non-hydrogen) atoms. The van der Waals surface area contributed by atoms with Gasteiger partial charge < -0.3 is 5.73 Å². The summed E-state index contributed by atoms with van der Waals surface area (Å²) in [7, 11) is 0. The highest BCUT2D eigenvalue weighted by Crippen LogP contribution is 2.28. The first-order chi connectivity index (χ1) is 5.25. The summed E-state index contributed by atoms with van der Waals surface area (Å²) in [6, 6.07) is 0. The number of nitrogens with two attached hydrogens (primary N) is 1. The molecule has 0 spiro atoms. The first-order valence-electron chi connectivity index (χ1n) is 3.68. The van der Waals surface area contributed by atoms with Crippen LogP contribution in [0.15, 0.2) is 9.85 Å². The maximum absolute atomic E-state index is 5.42. The van der Waals surface area contributed by atoms with Crippen LogP contribution in [0, 0.1) is 6.92 Å². The molecule has 0 atom stereocenters. The topological polar surface area (TPSA) is 26.0 Å². The predicted molar refractivity (Wildman–Crippen MR) is 54.1 cm³/mol. The monoisotopic (exact) mass is 233 g/mol. The third-order valence-electron chi connectivity index (χ3n) is 1.58. The molecule has 0 saturated heterocycles. The second-order valence-electron chi connectivity index (χ2n) is 2.55. The van der Waals surface area contributed by atoms with E-state index in [1.165, 1.54) is 14.9 Å². The van der Waals surface area contributed by atoms with Gasteiger partial charge in [-0.05, 0) is 53.2 Å². The smallest absolute Gasteiger partial charge is 0.0343 e. The van der Waals surface area contributed by atoms with Gasteiger partial charge in [0.2, 0.25) is 0 Å². The molecule has 1 aromatic heterocycles. The Balaban J connectivity index is 2.63. The number of hydrogen-bond acceptors (Lipinski definition) is 2. The van der Waals surface area contributed by atoms with Crippen molar-refractivity contribution in [3.05, 3.63) is 20.3 Å². The number of thiophene rings is 1. The maximum atomic E-state index is 5.42. The molecule has 62 valence electrons. The minimum Gasteiger partial charge on any atom is -0.330 e.